The molecule has 70 valence electrons. The van der Waals surface area contributed by atoms with Crippen LogP contribution >= 0.6 is 22.6 Å². The Labute approximate surface area is 94.7 Å². The second-order valence-electron chi connectivity index (χ2n) is 2.99. The lowest BCUT2D eigenvalue weighted by atomic mass is 10.1. The highest BCUT2D eigenvalue weighted by Gasteiger charge is 2.05. The minimum atomic E-state index is 0.126. The Morgan fingerprint density at radius 1 is 1.29 bits per heavy atom. The van der Waals surface area contributed by atoms with Gasteiger partial charge in [-0.1, -0.05) is 12.1 Å². The van der Waals surface area contributed by atoms with Crippen molar-refractivity contribution >= 4 is 39.6 Å². The van der Waals surface area contributed by atoms with Gasteiger partial charge in [-0.25, -0.2) is 0 Å². The van der Waals surface area contributed by atoms with E-state index in [0.717, 1.165) is 20.6 Å². The zero-order valence-corrected chi connectivity index (χ0v) is 9.36. The molecule has 0 aromatic heterocycles. The third-order valence-corrected chi connectivity index (χ3v) is 2.97. The first-order valence-corrected chi connectivity index (χ1v) is 5.16. The lowest BCUT2D eigenvalue weighted by molar-refractivity contribution is 0.112. The molecule has 2 nitrogen and oxygen atoms in total. The predicted octanol–water partition coefficient (Wildman–Crippen LogP) is 2.96. The highest BCUT2D eigenvalue weighted by molar-refractivity contribution is 14.1. The molecular formula is C11H7IO2. The second kappa shape index (κ2) is 3.57. The highest BCUT2D eigenvalue weighted by Crippen LogP contribution is 2.27. The molecule has 2 rings (SSSR count). The molecule has 0 spiro atoms. The van der Waals surface area contributed by atoms with Gasteiger partial charge in [-0.3, -0.25) is 4.79 Å². The number of carbonyl (C=O) groups excluding carboxylic acids is 1. The lowest BCUT2D eigenvalue weighted by Gasteiger charge is -2.04. The summed E-state index contributed by atoms with van der Waals surface area (Å²) in [7, 11) is 0. The van der Waals surface area contributed by atoms with E-state index in [0.29, 0.717) is 5.56 Å². The molecule has 0 bridgehead atoms. The summed E-state index contributed by atoms with van der Waals surface area (Å²) in [4.78, 5) is 10.8. The van der Waals surface area contributed by atoms with Crippen molar-refractivity contribution in [2.45, 2.75) is 0 Å². The van der Waals surface area contributed by atoms with Crippen LogP contribution in [0.15, 0.2) is 30.3 Å². The van der Waals surface area contributed by atoms with Crippen LogP contribution in [-0.2, 0) is 0 Å². The minimum absolute atomic E-state index is 0.126. The fraction of sp³-hybridized carbons (Fsp3) is 0. The zero-order chi connectivity index (χ0) is 10.1. The maximum absolute atomic E-state index is 10.8. The first-order valence-electron chi connectivity index (χ1n) is 4.09. The Kier molecular flexibility index (Phi) is 2.41. The average molecular weight is 298 g/mol. The van der Waals surface area contributed by atoms with E-state index in [1.807, 2.05) is 18.2 Å². The van der Waals surface area contributed by atoms with Gasteiger partial charge >= 0.3 is 0 Å². The van der Waals surface area contributed by atoms with Gasteiger partial charge in [0.25, 0.3) is 0 Å². The lowest BCUT2D eigenvalue weighted by Crippen LogP contribution is -1.86. The molecule has 0 aliphatic heterocycles. The van der Waals surface area contributed by atoms with Gasteiger partial charge in [0.15, 0.2) is 6.29 Å². The van der Waals surface area contributed by atoms with Crippen LogP contribution in [0.25, 0.3) is 10.8 Å². The van der Waals surface area contributed by atoms with Gasteiger partial charge in [0, 0.05) is 14.5 Å². The van der Waals surface area contributed by atoms with E-state index in [-0.39, 0.29) is 5.75 Å². The fourth-order valence-corrected chi connectivity index (χ4v) is 2.32. The van der Waals surface area contributed by atoms with Crippen molar-refractivity contribution in [2.75, 3.05) is 0 Å². The number of benzene rings is 2. The van der Waals surface area contributed by atoms with Crippen LogP contribution in [0.3, 0.4) is 0 Å². The maximum Gasteiger partial charge on any atom is 0.150 e. The molecule has 3 heteroatoms. The van der Waals surface area contributed by atoms with Crippen LogP contribution in [0, 0.1) is 3.57 Å². The van der Waals surface area contributed by atoms with Gasteiger partial charge in [-0.2, -0.15) is 0 Å². The normalized spacial score (nSPS) is 10.4. The molecule has 0 radical (unpaired) electrons. The predicted molar refractivity (Wildman–Crippen MR) is 63.7 cm³/mol. The molecule has 0 heterocycles. The number of hydrogen-bond donors (Lipinski definition) is 1. The molecule has 1 N–H and O–H groups in total. The van der Waals surface area contributed by atoms with Gasteiger partial charge in [0.2, 0.25) is 0 Å². The van der Waals surface area contributed by atoms with Crippen LogP contribution in [-0.4, -0.2) is 11.4 Å². The standard InChI is InChI=1S/C11H7IO2/c12-10-3-1-2-7-4-9(14)5-8(6-13)11(7)10/h1-6,14H. The van der Waals surface area contributed by atoms with E-state index in [2.05, 4.69) is 22.6 Å². The van der Waals surface area contributed by atoms with Crippen molar-refractivity contribution in [3.63, 3.8) is 0 Å². The third kappa shape index (κ3) is 1.48. The Morgan fingerprint density at radius 3 is 2.79 bits per heavy atom. The van der Waals surface area contributed by atoms with E-state index >= 15 is 0 Å². The molecule has 0 unspecified atom stereocenters. The molecule has 0 saturated carbocycles. The van der Waals surface area contributed by atoms with Crippen LogP contribution in [0.2, 0.25) is 0 Å². The van der Waals surface area contributed by atoms with Crippen molar-refractivity contribution < 1.29 is 9.90 Å². The number of halogens is 1. The molecule has 0 aliphatic carbocycles. The summed E-state index contributed by atoms with van der Waals surface area (Å²) in [6, 6.07) is 8.86. The van der Waals surface area contributed by atoms with Crippen LogP contribution in [0.5, 0.6) is 5.75 Å². The number of aldehydes is 1. The zero-order valence-electron chi connectivity index (χ0n) is 7.20. The topological polar surface area (TPSA) is 37.3 Å². The van der Waals surface area contributed by atoms with Gasteiger partial charge in [0.05, 0.1) is 0 Å². The van der Waals surface area contributed by atoms with Gasteiger partial charge in [-0.15, -0.1) is 0 Å². The molecule has 0 aliphatic rings. The molecule has 0 fully saturated rings. The third-order valence-electron chi connectivity index (χ3n) is 2.07. The number of carbonyl (C=O) groups is 1. The van der Waals surface area contributed by atoms with Crippen molar-refractivity contribution in [3.8, 4) is 5.75 Å². The number of aromatic hydroxyl groups is 1. The number of fused-ring (bicyclic) bond motifs is 1. The van der Waals surface area contributed by atoms with Gasteiger partial charge in [-0.05, 0) is 46.2 Å². The quantitative estimate of drug-likeness (QED) is 0.649. The number of hydrogen-bond acceptors (Lipinski definition) is 2. The first-order chi connectivity index (χ1) is 6.72. The van der Waals surface area contributed by atoms with Crippen molar-refractivity contribution in [2.24, 2.45) is 0 Å². The molecule has 2 aromatic carbocycles. The molecule has 14 heavy (non-hydrogen) atoms. The van der Waals surface area contributed by atoms with E-state index in [9.17, 15) is 9.90 Å². The second-order valence-corrected chi connectivity index (χ2v) is 4.15. The number of phenolic OH excluding ortho intramolecular Hbond substituents is 1. The molecule has 0 atom stereocenters. The summed E-state index contributed by atoms with van der Waals surface area (Å²) in [5.41, 5.74) is 0.532. The SMILES string of the molecule is O=Cc1cc(O)cc2cccc(I)c12. The summed E-state index contributed by atoms with van der Waals surface area (Å²) < 4.78 is 1.02. The Morgan fingerprint density at radius 2 is 2.07 bits per heavy atom. The molecule has 0 amide bonds. The van der Waals surface area contributed by atoms with Crippen LogP contribution in [0.4, 0.5) is 0 Å². The average Bonchev–Trinajstić information content (AvgIpc) is 2.16. The summed E-state index contributed by atoms with van der Waals surface area (Å²) in [5, 5.41) is 11.2. The highest BCUT2D eigenvalue weighted by atomic mass is 127. The Hall–Kier alpha value is -1.10. The molecular weight excluding hydrogens is 291 g/mol. The minimum Gasteiger partial charge on any atom is -0.508 e. The smallest absolute Gasteiger partial charge is 0.150 e. The van der Waals surface area contributed by atoms with Crippen LogP contribution in [0.1, 0.15) is 10.4 Å². The van der Waals surface area contributed by atoms with Crippen molar-refractivity contribution in [3.05, 3.63) is 39.5 Å². The molecule has 0 saturated heterocycles. The summed E-state index contributed by atoms with van der Waals surface area (Å²) in [6.07, 6.45) is 0.768. The Balaban J connectivity index is 2.95. The summed E-state index contributed by atoms with van der Waals surface area (Å²) >= 11 is 2.18. The van der Waals surface area contributed by atoms with Crippen LogP contribution < -0.4 is 0 Å². The molecule has 2 aromatic rings. The van der Waals surface area contributed by atoms with Crippen molar-refractivity contribution in [1.82, 2.24) is 0 Å². The largest absolute Gasteiger partial charge is 0.508 e. The van der Waals surface area contributed by atoms with E-state index in [4.69, 9.17) is 0 Å². The van der Waals surface area contributed by atoms with E-state index in [1.165, 1.54) is 6.07 Å². The summed E-state index contributed by atoms with van der Waals surface area (Å²) in [5.74, 6) is 0.126. The first kappa shape index (κ1) is 9.45. The van der Waals surface area contributed by atoms with Crippen molar-refractivity contribution in [1.29, 1.82) is 0 Å². The number of rotatable bonds is 1. The fourth-order valence-electron chi connectivity index (χ4n) is 1.49. The summed E-state index contributed by atoms with van der Waals surface area (Å²) in [6.45, 7) is 0. The Bertz CT molecular complexity index is 506. The monoisotopic (exact) mass is 298 g/mol. The van der Waals surface area contributed by atoms with Gasteiger partial charge < -0.3 is 5.11 Å². The van der Waals surface area contributed by atoms with E-state index in [1.54, 1.807) is 6.07 Å². The number of phenols is 1. The maximum atomic E-state index is 10.8. The van der Waals surface area contributed by atoms with Gasteiger partial charge in [0.1, 0.15) is 5.75 Å². The van der Waals surface area contributed by atoms with E-state index < -0.39 is 0 Å².